The van der Waals surface area contributed by atoms with Crippen LogP contribution in [-0.4, -0.2) is 29.4 Å². The van der Waals surface area contributed by atoms with Crippen LogP contribution in [0.2, 0.25) is 0 Å². The first kappa shape index (κ1) is 23.0. The molecule has 0 saturated heterocycles. The Kier molecular flexibility index (Phi) is 6.38. The highest BCUT2D eigenvalue weighted by molar-refractivity contribution is 8.00. The SMILES string of the molecule is CCSNc1cc(C(=O)OC2CCC3CCCCC3C2)c(N)c2c1C(=O)c1ccccc1C2=O. The highest BCUT2D eigenvalue weighted by Crippen LogP contribution is 2.42. The van der Waals surface area contributed by atoms with E-state index < -0.39 is 5.97 Å². The molecular weight excluding hydrogens is 448 g/mol. The van der Waals surface area contributed by atoms with Crippen LogP contribution >= 0.6 is 11.9 Å². The monoisotopic (exact) mass is 478 g/mol. The third-order valence-corrected chi connectivity index (χ3v) is 8.20. The van der Waals surface area contributed by atoms with Crippen LogP contribution < -0.4 is 10.5 Å². The molecule has 2 aromatic carbocycles. The number of carbonyl (C=O) groups excluding carboxylic acids is 3. The summed E-state index contributed by atoms with van der Waals surface area (Å²) < 4.78 is 9.09. The molecular formula is C27H30N2O4S. The quantitative estimate of drug-likeness (QED) is 0.278. The fourth-order valence-electron chi connectivity index (χ4n) is 5.87. The van der Waals surface area contributed by atoms with Crippen molar-refractivity contribution < 1.29 is 19.1 Å². The van der Waals surface area contributed by atoms with Gasteiger partial charge in [-0.15, -0.1) is 0 Å². The number of fused-ring (bicyclic) bond motifs is 3. The molecule has 2 saturated carbocycles. The van der Waals surface area contributed by atoms with E-state index in [4.69, 9.17) is 10.5 Å². The molecule has 6 nitrogen and oxygen atoms in total. The van der Waals surface area contributed by atoms with Gasteiger partial charge in [0.05, 0.1) is 28.1 Å². The van der Waals surface area contributed by atoms with Crippen molar-refractivity contribution in [1.29, 1.82) is 0 Å². The molecule has 7 heteroatoms. The summed E-state index contributed by atoms with van der Waals surface area (Å²) in [6.07, 6.45) is 7.75. The molecule has 178 valence electrons. The van der Waals surface area contributed by atoms with Gasteiger partial charge in [-0.2, -0.15) is 0 Å². The van der Waals surface area contributed by atoms with Crippen LogP contribution in [0.4, 0.5) is 11.4 Å². The number of nitrogens with two attached hydrogens (primary N) is 1. The zero-order valence-electron chi connectivity index (χ0n) is 19.4. The first-order valence-electron chi connectivity index (χ1n) is 12.2. The van der Waals surface area contributed by atoms with Crippen LogP contribution in [0.1, 0.15) is 94.1 Å². The number of rotatable bonds is 5. The van der Waals surface area contributed by atoms with E-state index >= 15 is 0 Å². The number of carbonyl (C=O) groups is 3. The van der Waals surface area contributed by atoms with Crippen molar-refractivity contribution >= 4 is 40.9 Å². The second-order valence-corrected chi connectivity index (χ2v) is 10.6. The second-order valence-electron chi connectivity index (χ2n) is 9.52. The maximum Gasteiger partial charge on any atom is 0.340 e. The van der Waals surface area contributed by atoms with Gasteiger partial charge in [-0.1, -0.05) is 68.8 Å². The summed E-state index contributed by atoms with van der Waals surface area (Å²) in [5.74, 6) is 0.972. The van der Waals surface area contributed by atoms with Crippen molar-refractivity contribution in [3.8, 4) is 0 Å². The molecule has 0 radical (unpaired) electrons. The van der Waals surface area contributed by atoms with Gasteiger partial charge in [-0.05, 0) is 37.2 Å². The largest absolute Gasteiger partial charge is 0.459 e. The maximum absolute atomic E-state index is 13.4. The molecule has 0 aliphatic heterocycles. The minimum atomic E-state index is -0.525. The molecule has 3 unspecified atom stereocenters. The highest BCUT2D eigenvalue weighted by Gasteiger charge is 2.37. The summed E-state index contributed by atoms with van der Waals surface area (Å²) in [5, 5.41) is 0. The van der Waals surface area contributed by atoms with E-state index in [1.807, 2.05) is 6.92 Å². The Labute approximate surface area is 204 Å². The van der Waals surface area contributed by atoms with Gasteiger partial charge in [0, 0.05) is 16.9 Å². The summed E-state index contributed by atoms with van der Waals surface area (Å²) in [7, 11) is 0. The second kappa shape index (κ2) is 9.45. The van der Waals surface area contributed by atoms with E-state index in [0.29, 0.717) is 22.7 Å². The zero-order valence-corrected chi connectivity index (χ0v) is 20.2. The van der Waals surface area contributed by atoms with Crippen molar-refractivity contribution in [2.75, 3.05) is 16.2 Å². The predicted octanol–water partition coefficient (Wildman–Crippen LogP) is 5.64. The van der Waals surface area contributed by atoms with Crippen LogP contribution in [0.25, 0.3) is 0 Å². The number of ketones is 2. The van der Waals surface area contributed by atoms with Gasteiger partial charge in [0.2, 0.25) is 0 Å². The Morgan fingerprint density at radius 3 is 2.41 bits per heavy atom. The van der Waals surface area contributed by atoms with Crippen LogP contribution in [0.15, 0.2) is 30.3 Å². The Morgan fingerprint density at radius 1 is 1.03 bits per heavy atom. The number of hydrogen-bond donors (Lipinski definition) is 2. The molecule has 2 fully saturated rings. The van der Waals surface area contributed by atoms with Gasteiger partial charge < -0.3 is 15.2 Å². The number of ether oxygens (including phenoxy) is 1. The molecule has 5 rings (SSSR count). The Balaban J connectivity index is 1.49. The zero-order chi connectivity index (χ0) is 23.8. The standard InChI is InChI=1S/C27H30N2O4S/c1-2-34-29-21-14-20(27(32)33-17-12-11-15-7-3-4-8-16(15)13-17)24(28)23-22(21)25(30)18-9-5-6-10-19(18)26(23)31/h5-6,9-10,14-17,29H,2-4,7-8,11-13,28H2,1H3. The van der Waals surface area contributed by atoms with Crippen molar-refractivity contribution in [2.24, 2.45) is 11.8 Å². The van der Waals surface area contributed by atoms with Crippen molar-refractivity contribution in [1.82, 2.24) is 0 Å². The van der Waals surface area contributed by atoms with E-state index in [9.17, 15) is 14.4 Å². The molecule has 34 heavy (non-hydrogen) atoms. The van der Waals surface area contributed by atoms with Crippen molar-refractivity contribution in [2.45, 2.75) is 58.0 Å². The Bertz CT molecular complexity index is 1160. The molecule has 3 aliphatic carbocycles. The average molecular weight is 479 g/mol. The maximum atomic E-state index is 13.4. The minimum Gasteiger partial charge on any atom is -0.459 e. The normalized spacial score (nSPS) is 23.5. The lowest BCUT2D eigenvalue weighted by atomic mass is 9.70. The molecule has 0 amide bonds. The number of esters is 1. The van der Waals surface area contributed by atoms with E-state index in [-0.39, 0.29) is 40.0 Å². The van der Waals surface area contributed by atoms with Crippen LogP contribution in [-0.2, 0) is 4.74 Å². The van der Waals surface area contributed by atoms with Gasteiger partial charge in [-0.3, -0.25) is 9.59 Å². The lowest BCUT2D eigenvalue weighted by Gasteiger charge is -2.38. The lowest BCUT2D eigenvalue weighted by molar-refractivity contribution is -0.000833. The fraction of sp³-hybridized carbons (Fsp3) is 0.444. The smallest absolute Gasteiger partial charge is 0.340 e. The number of benzene rings is 2. The average Bonchev–Trinajstić information content (AvgIpc) is 2.86. The van der Waals surface area contributed by atoms with Gasteiger partial charge >= 0.3 is 5.97 Å². The summed E-state index contributed by atoms with van der Waals surface area (Å²) in [5.41, 5.74) is 7.97. The van der Waals surface area contributed by atoms with E-state index in [0.717, 1.165) is 30.9 Å². The number of hydrogen-bond acceptors (Lipinski definition) is 7. The molecule has 0 heterocycles. The summed E-state index contributed by atoms with van der Waals surface area (Å²) in [4.78, 5) is 40.1. The topological polar surface area (TPSA) is 98.5 Å². The molecule has 3 atom stereocenters. The minimum absolute atomic E-state index is 0.0197. The molecule has 2 aromatic rings. The fourth-order valence-corrected chi connectivity index (χ4v) is 6.33. The molecule has 3 N–H and O–H groups in total. The summed E-state index contributed by atoms with van der Waals surface area (Å²) in [6, 6.07) is 8.30. The lowest BCUT2D eigenvalue weighted by Crippen LogP contribution is -2.33. The van der Waals surface area contributed by atoms with E-state index in [1.54, 1.807) is 30.3 Å². The molecule has 0 spiro atoms. The van der Waals surface area contributed by atoms with Crippen molar-refractivity contribution in [3.63, 3.8) is 0 Å². The van der Waals surface area contributed by atoms with Gasteiger partial charge in [-0.25, -0.2) is 4.79 Å². The summed E-state index contributed by atoms with van der Waals surface area (Å²) in [6.45, 7) is 1.97. The third kappa shape index (κ3) is 4.00. The van der Waals surface area contributed by atoms with Gasteiger partial charge in [0.25, 0.3) is 0 Å². The molecule has 0 aromatic heterocycles. The first-order valence-corrected chi connectivity index (χ1v) is 13.2. The number of nitrogens with one attached hydrogen (secondary N) is 1. The van der Waals surface area contributed by atoms with Crippen molar-refractivity contribution in [3.05, 3.63) is 58.1 Å². The predicted molar refractivity (Wildman–Crippen MR) is 134 cm³/mol. The third-order valence-electron chi connectivity index (χ3n) is 7.55. The Morgan fingerprint density at radius 2 is 1.71 bits per heavy atom. The van der Waals surface area contributed by atoms with E-state index in [1.165, 1.54) is 37.6 Å². The Hall–Kier alpha value is -2.80. The molecule has 0 bridgehead atoms. The first-order chi connectivity index (χ1) is 16.5. The summed E-state index contributed by atoms with van der Waals surface area (Å²) >= 11 is 1.39. The van der Waals surface area contributed by atoms with Crippen LogP contribution in [0, 0.1) is 11.8 Å². The van der Waals surface area contributed by atoms with E-state index in [2.05, 4.69) is 4.72 Å². The van der Waals surface area contributed by atoms with Crippen LogP contribution in [0.3, 0.4) is 0 Å². The molecule has 3 aliphatic rings. The van der Waals surface area contributed by atoms with Crippen LogP contribution in [0.5, 0.6) is 0 Å². The number of anilines is 2. The number of nitrogen functional groups attached to an aromatic ring is 1. The highest BCUT2D eigenvalue weighted by atomic mass is 32.2. The van der Waals surface area contributed by atoms with Gasteiger partial charge in [0.1, 0.15) is 6.10 Å². The van der Waals surface area contributed by atoms with Gasteiger partial charge in [0.15, 0.2) is 11.6 Å².